The molecule has 0 amide bonds. The summed E-state index contributed by atoms with van der Waals surface area (Å²) in [6.45, 7) is 0. The zero-order valence-corrected chi connectivity index (χ0v) is 20.1. The predicted octanol–water partition coefficient (Wildman–Crippen LogP) is 6.01. The van der Waals surface area contributed by atoms with Crippen molar-refractivity contribution in [2.45, 2.75) is 12.3 Å². The summed E-state index contributed by atoms with van der Waals surface area (Å²) >= 11 is 7.13. The lowest BCUT2D eigenvalue weighted by Crippen LogP contribution is -2.18. The summed E-state index contributed by atoms with van der Waals surface area (Å²) in [7, 11) is 1.59. The van der Waals surface area contributed by atoms with Crippen LogP contribution in [0.15, 0.2) is 82.9 Å². The first-order valence-corrected chi connectivity index (χ1v) is 11.7. The third-order valence-electron chi connectivity index (χ3n) is 5.69. The molecule has 2 heterocycles. The van der Waals surface area contributed by atoms with Gasteiger partial charge in [0.15, 0.2) is 0 Å². The molecule has 2 aromatic carbocycles. The fraction of sp³-hybridized carbons (Fsp3) is 0.115. The first-order chi connectivity index (χ1) is 16.8. The van der Waals surface area contributed by atoms with Crippen LogP contribution in [0.5, 0.6) is 0 Å². The van der Waals surface area contributed by atoms with Gasteiger partial charge in [-0.25, -0.2) is 9.18 Å². The smallest absolute Gasteiger partial charge is 0.345 e. The fourth-order valence-electron chi connectivity index (χ4n) is 3.85. The Bertz CT molecular complexity index is 1480. The minimum atomic E-state index is -0.981. The van der Waals surface area contributed by atoms with Gasteiger partial charge < -0.3 is 14.9 Å². The van der Waals surface area contributed by atoms with Gasteiger partial charge in [-0.3, -0.25) is 4.79 Å². The third kappa shape index (κ3) is 5.34. The number of hydrogen-bond donors (Lipinski definition) is 2. The number of aromatic carboxylic acids is 1. The molecule has 0 radical (unpaired) electrons. The number of carboxylic acids is 1. The lowest BCUT2D eigenvalue weighted by atomic mass is 9.85. The molecule has 0 saturated carbocycles. The van der Waals surface area contributed by atoms with Gasteiger partial charge in [-0.05, 0) is 47.0 Å². The molecule has 35 heavy (non-hydrogen) atoms. The number of benzene rings is 2. The van der Waals surface area contributed by atoms with Crippen LogP contribution in [0.2, 0.25) is 5.02 Å². The predicted molar refractivity (Wildman–Crippen MR) is 135 cm³/mol. The Balaban J connectivity index is 1.73. The van der Waals surface area contributed by atoms with Crippen molar-refractivity contribution in [1.29, 1.82) is 0 Å². The van der Waals surface area contributed by atoms with E-state index in [1.165, 1.54) is 28.0 Å². The number of oxime groups is 1. The summed E-state index contributed by atoms with van der Waals surface area (Å²) in [5.74, 6) is -2.00. The van der Waals surface area contributed by atoms with E-state index in [1.54, 1.807) is 43.6 Å². The number of rotatable bonds is 7. The molecular formula is C26H20ClFN2O4S. The highest BCUT2D eigenvalue weighted by molar-refractivity contribution is 7.17. The first kappa shape index (κ1) is 24.4. The van der Waals surface area contributed by atoms with Crippen molar-refractivity contribution in [3.8, 4) is 10.4 Å². The molecule has 9 heteroatoms. The van der Waals surface area contributed by atoms with Gasteiger partial charge in [-0.2, -0.15) is 0 Å². The minimum Gasteiger partial charge on any atom is -0.477 e. The zero-order valence-electron chi connectivity index (χ0n) is 18.5. The number of thiophene rings is 1. The van der Waals surface area contributed by atoms with Crippen LogP contribution in [-0.2, 0) is 7.05 Å². The van der Waals surface area contributed by atoms with Crippen LogP contribution >= 0.6 is 22.9 Å². The van der Waals surface area contributed by atoms with E-state index in [0.717, 1.165) is 16.0 Å². The summed E-state index contributed by atoms with van der Waals surface area (Å²) in [6.07, 6.45) is 1.71. The maximum atomic E-state index is 15.0. The quantitative estimate of drug-likeness (QED) is 0.181. The van der Waals surface area contributed by atoms with Crippen molar-refractivity contribution in [2.24, 2.45) is 12.2 Å². The highest BCUT2D eigenvalue weighted by Gasteiger charge is 2.22. The van der Waals surface area contributed by atoms with Gasteiger partial charge in [0.1, 0.15) is 10.7 Å². The van der Waals surface area contributed by atoms with Crippen LogP contribution in [0.25, 0.3) is 10.4 Å². The molecule has 2 N–H and O–H groups in total. The normalized spacial score (nSPS) is 12.5. The van der Waals surface area contributed by atoms with E-state index in [9.17, 15) is 24.3 Å². The lowest BCUT2D eigenvalue weighted by Gasteiger charge is -2.20. The van der Waals surface area contributed by atoms with Gasteiger partial charge in [0.2, 0.25) is 5.56 Å². The summed E-state index contributed by atoms with van der Waals surface area (Å²) in [5, 5.41) is 22.7. The second-order valence-electron chi connectivity index (χ2n) is 7.93. The number of aromatic nitrogens is 1. The summed E-state index contributed by atoms with van der Waals surface area (Å²) in [6, 6.07) is 18.0. The molecule has 178 valence electrons. The van der Waals surface area contributed by atoms with E-state index in [-0.39, 0.29) is 27.6 Å². The van der Waals surface area contributed by atoms with Crippen molar-refractivity contribution >= 4 is 34.6 Å². The number of pyridine rings is 1. The number of carbonyl (C=O) groups is 1. The Morgan fingerprint density at radius 3 is 2.46 bits per heavy atom. The molecule has 0 aliphatic carbocycles. The molecule has 0 bridgehead atoms. The second kappa shape index (κ2) is 10.2. The molecule has 0 saturated heterocycles. The molecule has 4 rings (SSSR count). The highest BCUT2D eigenvalue weighted by Crippen LogP contribution is 2.35. The summed E-state index contributed by atoms with van der Waals surface area (Å²) in [4.78, 5) is 24.0. The van der Waals surface area contributed by atoms with Crippen molar-refractivity contribution in [1.82, 2.24) is 4.57 Å². The first-order valence-electron chi connectivity index (χ1n) is 10.5. The highest BCUT2D eigenvalue weighted by atomic mass is 35.5. The Labute approximate surface area is 209 Å². The average Bonchev–Trinajstić information content (AvgIpc) is 3.34. The molecule has 1 atom stereocenters. The van der Waals surface area contributed by atoms with E-state index >= 15 is 0 Å². The number of nitrogens with zero attached hydrogens (tertiary/aromatic N) is 2. The van der Waals surface area contributed by atoms with Gasteiger partial charge in [0, 0.05) is 47.1 Å². The largest absolute Gasteiger partial charge is 0.477 e. The van der Waals surface area contributed by atoms with Crippen LogP contribution in [-0.4, -0.2) is 26.6 Å². The Hall–Kier alpha value is -3.75. The Morgan fingerprint density at radius 2 is 1.86 bits per heavy atom. The Kier molecular flexibility index (Phi) is 7.14. The number of hydrogen-bond acceptors (Lipinski definition) is 5. The number of carboxylic acid groups (broad SMARTS) is 1. The molecule has 4 aromatic rings. The van der Waals surface area contributed by atoms with Crippen molar-refractivity contribution in [2.75, 3.05) is 0 Å². The van der Waals surface area contributed by atoms with Crippen LogP contribution in [0.4, 0.5) is 4.39 Å². The Morgan fingerprint density at radius 1 is 1.11 bits per heavy atom. The second-order valence-corrected chi connectivity index (χ2v) is 9.45. The van der Waals surface area contributed by atoms with Crippen molar-refractivity contribution in [3.05, 3.63) is 116 Å². The summed E-state index contributed by atoms with van der Waals surface area (Å²) < 4.78 is 16.4. The lowest BCUT2D eigenvalue weighted by molar-refractivity contribution is 0.0702. The molecule has 0 fully saturated rings. The molecule has 0 aliphatic heterocycles. The summed E-state index contributed by atoms with van der Waals surface area (Å²) in [5.41, 5.74) is 2.57. The molecular weight excluding hydrogens is 491 g/mol. The fourth-order valence-corrected chi connectivity index (χ4v) is 4.86. The van der Waals surface area contributed by atoms with Crippen LogP contribution < -0.4 is 5.56 Å². The van der Waals surface area contributed by atoms with Gasteiger partial charge in [0.05, 0.1) is 5.71 Å². The van der Waals surface area contributed by atoms with Crippen LogP contribution in [0, 0.1) is 5.82 Å². The monoisotopic (exact) mass is 510 g/mol. The van der Waals surface area contributed by atoms with Gasteiger partial charge >= 0.3 is 5.97 Å². The molecule has 1 unspecified atom stereocenters. The van der Waals surface area contributed by atoms with Crippen LogP contribution in [0.3, 0.4) is 0 Å². The number of aryl methyl sites for hydroxylation is 1. The van der Waals surface area contributed by atoms with Crippen molar-refractivity contribution < 1.29 is 19.5 Å². The van der Waals surface area contributed by atoms with E-state index in [2.05, 4.69) is 5.16 Å². The van der Waals surface area contributed by atoms with Gasteiger partial charge in [-0.15, -0.1) is 11.3 Å². The number of halogens is 2. The van der Waals surface area contributed by atoms with E-state index in [4.69, 9.17) is 11.6 Å². The van der Waals surface area contributed by atoms with E-state index in [1.807, 2.05) is 24.3 Å². The van der Waals surface area contributed by atoms with E-state index in [0.29, 0.717) is 11.1 Å². The average molecular weight is 511 g/mol. The molecule has 6 nitrogen and oxygen atoms in total. The standard InChI is InChI=1S/C26H20ClFN2O4S/c1-30-14-17(6-11-25(30)31)22(29-34)13-20(19-8-7-18(27)12-21(19)28)15-2-4-16(5-3-15)23-9-10-24(35-23)26(32)33/h2-12,14,20,34H,13H2,1H3,(H,32,33). The maximum absolute atomic E-state index is 15.0. The molecule has 2 aromatic heterocycles. The topological polar surface area (TPSA) is 91.9 Å². The third-order valence-corrected chi connectivity index (χ3v) is 7.05. The van der Waals surface area contributed by atoms with Gasteiger partial charge in [-0.1, -0.05) is 47.1 Å². The van der Waals surface area contributed by atoms with Crippen molar-refractivity contribution in [3.63, 3.8) is 0 Å². The minimum absolute atomic E-state index is 0.148. The SMILES string of the molecule is Cn1cc(C(CC(c2ccc(-c3ccc(C(=O)O)s3)cc2)c2ccc(Cl)cc2F)=NO)ccc1=O. The molecule has 0 aliphatic rings. The maximum Gasteiger partial charge on any atom is 0.345 e. The van der Waals surface area contributed by atoms with Gasteiger partial charge in [0.25, 0.3) is 0 Å². The van der Waals surface area contributed by atoms with Crippen LogP contribution in [0.1, 0.15) is 38.7 Å². The van der Waals surface area contributed by atoms with E-state index < -0.39 is 17.7 Å². The molecule has 0 spiro atoms. The zero-order chi connectivity index (χ0) is 25.1.